The Labute approximate surface area is 106 Å². The van der Waals surface area contributed by atoms with Gasteiger partial charge in [-0.15, -0.1) is 6.58 Å². The summed E-state index contributed by atoms with van der Waals surface area (Å²) in [6.07, 6.45) is 1.85. The highest BCUT2D eigenvalue weighted by atomic mass is 16.5. The number of amides is 1. The minimum absolute atomic E-state index is 0.258. The molecule has 0 saturated carbocycles. The van der Waals surface area contributed by atoms with Crippen LogP contribution < -0.4 is 5.32 Å². The highest BCUT2D eigenvalue weighted by molar-refractivity contribution is 5.95. The fourth-order valence-corrected chi connectivity index (χ4v) is 1.41. The molecule has 0 saturated heterocycles. The molecule has 1 rings (SSSR count). The molecule has 0 unspecified atom stereocenters. The molecular weight excluding hydrogens is 232 g/mol. The van der Waals surface area contributed by atoms with E-state index in [0.29, 0.717) is 6.42 Å². The van der Waals surface area contributed by atoms with Crippen molar-refractivity contribution in [3.63, 3.8) is 0 Å². The summed E-state index contributed by atoms with van der Waals surface area (Å²) < 4.78 is 4.63. The summed E-state index contributed by atoms with van der Waals surface area (Å²) in [6.45, 7) is 5.50. The van der Waals surface area contributed by atoms with Gasteiger partial charge in [-0.1, -0.05) is 11.6 Å². The summed E-state index contributed by atoms with van der Waals surface area (Å²) in [5.74, 6) is -0.908. The molecule has 5 nitrogen and oxygen atoms in total. The summed E-state index contributed by atoms with van der Waals surface area (Å²) in [6, 6.07) is 4.25. The minimum Gasteiger partial charge on any atom is -0.467 e. The van der Waals surface area contributed by atoms with Crippen LogP contribution in [-0.2, 0) is 9.53 Å². The molecule has 96 valence electrons. The van der Waals surface area contributed by atoms with Gasteiger partial charge in [-0.05, 0) is 25.5 Å². The Morgan fingerprint density at radius 1 is 1.50 bits per heavy atom. The van der Waals surface area contributed by atoms with E-state index >= 15 is 0 Å². The van der Waals surface area contributed by atoms with Gasteiger partial charge in [0.1, 0.15) is 11.7 Å². The van der Waals surface area contributed by atoms with Crippen LogP contribution in [-0.4, -0.2) is 30.0 Å². The number of hydrogen-bond donors (Lipinski definition) is 1. The second-order valence-corrected chi connectivity index (χ2v) is 3.93. The monoisotopic (exact) mass is 248 g/mol. The van der Waals surface area contributed by atoms with Crippen molar-refractivity contribution in [1.29, 1.82) is 0 Å². The zero-order valence-corrected chi connectivity index (χ0v) is 10.5. The molecule has 1 atom stereocenters. The number of nitrogens with zero attached hydrogens (tertiary/aromatic N) is 1. The van der Waals surface area contributed by atoms with E-state index < -0.39 is 17.9 Å². The maximum Gasteiger partial charge on any atom is 0.328 e. The van der Waals surface area contributed by atoms with Crippen LogP contribution in [0, 0.1) is 0 Å². The average molecular weight is 248 g/mol. The van der Waals surface area contributed by atoms with Gasteiger partial charge in [-0.25, -0.2) is 4.79 Å². The topological polar surface area (TPSA) is 68.3 Å². The second-order valence-electron chi connectivity index (χ2n) is 3.93. The third-order valence-corrected chi connectivity index (χ3v) is 2.24. The zero-order chi connectivity index (χ0) is 13.5. The molecule has 0 spiro atoms. The third-order valence-electron chi connectivity index (χ3n) is 2.24. The third kappa shape index (κ3) is 4.01. The van der Waals surface area contributed by atoms with Crippen LogP contribution in [0.2, 0.25) is 0 Å². The van der Waals surface area contributed by atoms with Crippen LogP contribution in [0.5, 0.6) is 0 Å². The summed E-state index contributed by atoms with van der Waals surface area (Å²) in [4.78, 5) is 27.3. The van der Waals surface area contributed by atoms with Gasteiger partial charge in [-0.2, -0.15) is 0 Å². The SMILES string of the molecule is C=C(C)C[C@@H](NC(=O)c1ccccn1)C(=O)OC. The Hall–Kier alpha value is -2.17. The van der Waals surface area contributed by atoms with E-state index in [0.717, 1.165) is 5.57 Å². The predicted octanol–water partition coefficient (Wildman–Crippen LogP) is 1.32. The smallest absolute Gasteiger partial charge is 0.328 e. The van der Waals surface area contributed by atoms with Crippen LogP contribution in [0.4, 0.5) is 0 Å². The molecule has 0 radical (unpaired) electrons. The molecule has 1 aromatic rings. The summed E-state index contributed by atoms with van der Waals surface area (Å²) in [7, 11) is 1.28. The van der Waals surface area contributed by atoms with E-state index in [-0.39, 0.29) is 5.69 Å². The lowest BCUT2D eigenvalue weighted by Crippen LogP contribution is -2.41. The average Bonchev–Trinajstić information content (AvgIpc) is 2.37. The van der Waals surface area contributed by atoms with Crippen molar-refractivity contribution in [1.82, 2.24) is 10.3 Å². The predicted molar refractivity (Wildman–Crippen MR) is 66.9 cm³/mol. The minimum atomic E-state index is -0.734. The first-order chi connectivity index (χ1) is 8.54. The van der Waals surface area contributed by atoms with Gasteiger partial charge in [0.25, 0.3) is 5.91 Å². The lowest BCUT2D eigenvalue weighted by molar-refractivity contribution is -0.142. The van der Waals surface area contributed by atoms with Gasteiger partial charge in [0, 0.05) is 6.20 Å². The Balaban J connectivity index is 2.74. The van der Waals surface area contributed by atoms with Crippen LogP contribution in [0.15, 0.2) is 36.5 Å². The second kappa shape index (κ2) is 6.54. The number of rotatable bonds is 5. The summed E-state index contributed by atoms with van der Waals surface area (Å²) in [5.41, 5.74) is 1.04. The van der Waals surface area contributed by atoms with Crippen molar-refractivity contribution in [3.05, 3.63) is 42.2 Å². The first kappa shape index (κ1) is 13.9. The number of pyridine rings is 1. The molecule has 0 aromatic carbocycles. The fraction of sp³-hybridized carbons (Fsp3) is 0.308. The Morgan fingerprint density at radius 3 is 2.72 bits per heavy atom. The van der Waals surface area contributed by atoms with Crippen molar-refractivity contribution in [2.24, 2.45) is 0 Å². The van der Waals surface area contributed by atoms with Gasteiger partial charge < -0.3 is 10.1 Å². The Bertz CT molecular complexity index is 443. The number of hydrogen-bond acceptors (Lipinski definition) is 4. The number of nitrogens with one attached hydrogen (secondary N) is 1. The van der Waals surface area contributed by atoms with E-state index in [4.69, 9.17) is 0 Å². The first-order valence-corrected chi connectivity index (χ1v) is 5.48. The molecule has 0 bridgehead atoms. The number of carbonyl (C=O) groups excluding carboxylic acids is 2. The number of ether oxygens (including phenoxy) is 1. The van der Waals surface area contributed by atoms with Crippen LogP contribution in [0.1, 0.15) is 23.8 Å². The molecule has 1 amide bonds. The van der Waals surface area contributed by atoms with E-state index in [1.54, 1.807) is 25.1 Å². The molecule has 0 aliphatic rings. The summed E-state index contributed by atoms with van der Waals surface area (Å²) >= 11 is 0. The van der Waals surface area contributed by atoms with Crippen molar-refractivity contribution < 1.29 is 14.3 Å². The summed E-state index contributed by atoms with van der Waals surface area (Å²) in [5, 5.41) is 2.58. The lowest BCUT2D eigenvalue weighted by atomic mass is 10.1. The van der Waals surface area contributed by atoms with Crippen molar-refractivity contribution in [2.75, 3.05) is 7.11 Å². The van der Waals surface area contributed by atoms with Gasteiger partial charge in [0.15, 0.2) is 0 Å². The van der Waals surface area contributed by atoms with Crippen LogP contribution >= 0.6 is 0 Å². The van der Waals surface area contributed by atoms with Crippen molar-refractivity contribution in [3.8, 4) is 0 Å². The van der Waals surface area contributed by atoms with Crippen molar-refractivity contribution >= 4 is 11.9 Å². The Kier molecular flexibility index (Phi) is 5.05. The lowest BCUT2D eigenvalue weighted by Gasteiger charge is -2.16. The van der Waals surface area contributed by atoms with E-state index in [1.165, 1.54) is 13.3 Å². The van der Waals surface area contributed by atoms with Gasteiger partial charge >= 0.3 is 5.97 Å². The molecule has 1 N–H and O–H groups in total. The fourth-order valence-electron chi connectivity index (χ4n) is 1.41. The zero-order valence-electron chi connectivity index (χ0n) is 10.5. The van der Waals surface area contributed by atoms with E-state index in [9.17, 15) is 9.59 Å². The normalized spacial score (nSPS) is 11.4. The molecule has 1 aromatic heterocycles. The first-order valence-electron chi connectivity index (χ1n) is 5.48. The van der Waals surface area contributed by atoms with Gasteiger partial charge in [0.2, 0.25) is 0 Å². The van der Waals surface area contributed by atoms with Crippen LogP contribution in [0.3, 0.4) is 0 Å². The number of methoxy groups -OCH3 is 1. The molecular formula is C13H16N2O3. The highest BCUT2D eigenvalue weighted by Gasteiger charge is 2.22. The molecule has 0 aliphatic carbocycles. The largest absolute Gasteiger partial charge is 0.467 e. The molecule has 0 fully saturated rings. The molecule has 1 heterocycles. The van der Waals surface area contributed by atoms with Gasteiger partial charge in [0.05, 0.1) is 7.11 Å². The number of carbonyl (C=O) groups is 2. The number of aromatic nitrogens is 1. The standard InChI is InChI=1S/C13H16N2O3/c1-9(2)8-11(13(17)18-3)15-12(16)10-6-4-5-7-14-10/h4-7,11H,1,8H2,2-3H3,(H,15,16)/t11-/m1/s1. The number of esters is 1. The Morgan fingerprint density at radius 2 is 2.22 bits per heavy atom. The molecule has 0 aliphatic heterocycles. The highest BCUT2D eigenvalue weighted by Crippen LogP contribution is 2.05. The maximum atomic E-state index is 11.8. The molecule has 5 heteroatoms. The quantitative estimate of drug-likeness (QED) is 0.630. The maximum absolute atomic E-state index is 11.8. The van der Waals surface area contributed by atoms with E-state index in [1.807, 2.05) is 0 Å². The molecule has 18 heavy (non-hydrogen) atoms. The van der Waals surface area contributed by atoms with Crippen molar-refractivity contribution in [2.45, 2.75) is 19.4 Å². The van der Waals surface area contributed by atoms with E-state index in [2.05, 4.69) is 21.6 Å². The van der Waals surface area contributed by atoms with Crippen LogP contribution in [0.25, 0.3) is 0 Å². The van der Waals surface area contributed by atoms with Gasteiger partial charge in [-0.3, -0.25) is 9.78 Å².